The Bertz CT molecular complexity index is 525. The van der Waals surface area contributed by atoms with Gasteiger partial charge in [-0.1, -0.05) is 6.07 Å². The highest BCUT2D eigenvalue weighted by Crippen LogP contribution is 2.17. The lowest BCUT2D eigenvalue weighted by atomic mass is 10.1. The third-order valence-electron chi connectivity index (χ3n) is 2.61. The molecule has 0 bridgehead atoms. The van der Waals surface area contributed by atoms with Crippen LogP contribution in [0, 0.1) is 0 Å². The summed E-state index contributed by atoms with van der Waals surface area (Å²) in [4.78, 5) is 12.8. The predicted molar refractivity (Wildman–Crippen MR) is 79.4 cm³/mol. The third-order valence-corrected chi connectivity index (χ3v) is 3.84. The normalized spacial score (nSPS) is 12.1. The molecule has 1 aromatic carbocycles. The molecule has 1 aromatic heterocycles. The summed E-state index contributed by atoms with van der Waals surface area (Å²) in [5.74, 6) is 0.226. The lowest BCUT2D eigenvalue weighted by Crippen LogP contribution is -2.20. The van der Waals surface area contributed by atoms with Crippen molar-refractivity contribution in [3.8, 4) is 0 Å². The number of aliphatic hydroxyl groups excluding tert-OH is 1. The zero-order valence-electron chi connectivity index (χ0n) is 10.2. The van der Waals surface area contributed by atoms with E-state index in [1.54, 1.807) is 12.1 Å². The molecule has 0 fully saturated rings. The average molecular weight is 296 g/mol. The Hall–Kier alpha value is -1.36. The number of alkyl halides is 1. The number of benzene rings is 1. The van der Waals surface area contributed by atoms with Gasteiger partial charge in [0.1, 0.15) is 0 Å². The second kappa shape index (κ2) is 6.70. The van der Waals surface area contributed by atoms with Crippen LogP contribution in [0.25, 0.3) is 0 Å². The summed E-state index contributed by atoms with van der Waals surface area (Å²) in [6, 6.07) is 10.9. The minimum Gasteiger partial charge on any atom is -0.390 e. The van der Waals surface area contributed by atoms with Crippen LogP contribution < -0.4 is 5.32 Å². The van der Waals surface area contributed by atoms with Gasteiger partial charge < -0.3 is 10.4 Å². The molecule has 0 aliphatic carbocycles. The van der Waals surface area contributed by atoms with Crippen LogP contribution in [0.3, 0.4) is 0 Å². The minimum atomic E-state index is -0.575. The SMILES string of the molecule is O=C(c1ccc(NCC(O)CCl)cc1)c1cccs1. The summed E-state index contributed by atoms with van der Waals surface area (Å²) in [6.45, 7) is 0.391. The number of rotatable bonds is 6. The number of anilines is 1. The van der Waals surface area contributed by atoms with Crippen LogP contribution in [-0.4, -0.2) is 29.4 Å². The smallest absolute Gasteiger partial charge is 0.202 e. The molecule has 5 heteroatoms. The van der Waals surface area contributed by atoms with Gasteiger partial charge >= 0.3 is 0 Å². The molecule has 3 nitrogen and oxygen atoms in total. The number of thiophene rings is 1. The average Bonchev–Trinajstić information content (AvgIpc) is 2.98. The first kappa shape index (κ1) is 14.1. The molecule has 1 unspecified atom stereocenters. The monoisotopic (exact) mass is 295 g/mol. The zero-order valence-corrected chi connectivity index (χ0v) is 11.7. The molecular weight excluding hydrogens is 282 g/mol. The maximum Gasteiger partial charge on any atom is 0.202 e. The van der Waals surface area contributed by atoms with E-state index in [-0.39, 0.29) is 11.7 Å². The van der Waals surface area contributed by atoms with Crippen LogP contribution in [0.5, 0.6) is 0 Å². The van der Waals surface area contributed by atoms with Crippen molar-refractivity contribution in [1.82, 2.24) is 0 Å². The molecule has 0 amide bonds. The van der Waals surface area contributed by atoms with Gasteiger partial charge in [0.05, 0.1) is 16.9 Å². The molecule has 2 N–H and O–H groups in total. The molecule has 2 rings (SSSR count). The maximum atomic E-state index is 12.1. The largest absolute Gasteiger partial charge is 0.390 e. The van der Waals surface area contributed by atoms with E-state index in [9.17, 15) is 9.90 Å². The predicted octanol–water partition coefficient (Wildman–Crippen LogP) is 2.99. The van der Waals surface area contributed by atoms with E-state index >= 15 is 0 Å². The van der Waals surface area contributed by atoms with Gasteiger partial charge in [-0.15, -0.1) is 22.9 Å². The Morgan fingerprint density at radius 2 is 2.05 bits per heavy atom. The van der Waals surface area contributed by atoms with Gasteiger partial charge in [-0.05, 0) is 35.7 Å². The van der Waals surface area contributed by atoms with Crippen molar-refractivity contribution in [2.45, 2.75) is 6.10 Å². The summed E-state index contributed by atoms with van der Waals surface area (Å²) in [5.41, 5.74) is 1.51. The van der Waals surface area contributed by atoms with Crippen molar-refractivity contribution in [3.63, 3.8) is 0 Å². The molecule has 1 heterocycles. The fourth-order valence-corrected chi connectivity index (χ4v) is 2.37. The highest BCUT2D eigenvalue weighted by molar-refractivity contribution is 7.12. The van der Waals surface area contributed by atoms with Crippen molar-refractivity contribution in [2.24, 2.45) is 0 Å². The van der Waals surface area contributed by atoms with E-state index in [4.69, 9.17) is 11.6 Å². The molecule has 1 atom stereocenters. The van der Waals surface area contributed by atoms with Gasteiger partial charge in [0.2, 0.25) is 5.78 Å². The number of hydrogen-bond donors (Lipinski definition) is 2. The van der Waals surface area contributed by atoms with Crippen molar-refractivity contribution in [3.05, 3.63) is 52.2 Å². The molecule has 0 aliphatic heterocycles. The topological polar surface area (TPSA) is 49.3 Å². The van der Waals surface area contributed by atoms with Crippen LogP contribution in [0.1, 0.15) is 15.2 Å². The number of hydrogen-bond acceptors (Lipinski definition) is 4. The Morgan fingerprint density at radius 3 is 2.63 bits per heavy atom. The molecule has 100 valence electrons. The Balaban J connectivity index is 2.00. The van der Waals surface area contributed by atoms with Crippen LogP contribution in [-0.2, 0) is 0 Å². The van der Waals surface area contributed by atoms with E-state index in [1.165, 1.54) is 11.3 Å². The minimum absolute atomic E-state index is 0.0299. The number of carbonyl (C=O) groups excluding carboxylic acids is 1. The van der Waals surface area contributed by atoms with Crippen molar-refractivity contribution < 1.29 is 9.90 Å². The first-order valence-corrected chi connectivity index (χ1v) is 7.28. The molecular formula is C14H14ClNO2S. The van der Waals surface area contributed by atoms with Crippen molar-refractivity contribution >= 4 is 34.4 Å². The first-order valence-electron chi connectivity index (χ1n) is 5.87. The lowest BCUT2D eigenvalue weighted by Gasteiger charge is -2.10. The second-order valence-electron chi connectivity index (χ2n) is 4.07. The fraction of sp³-hybridized carbons (Fsp3) is 0.214. The Morgan fingerprint density at radius 1 is 1.32 bits per heavy atom. The fourth-order valence-electron chi connectivity index (χ4n) is 1.58. The molecule has 0 radical (unpaired) electrons. The summed E-state index contributed by atoms with van der Waals surface area (Å²) in [6.07, 6.45) is -0.575. The van der Waals surface area contributed by atoms with Gasteiger partial charge in [-0.2, -0.15) is 0 Å². The standard InChI is InChI=1S/C14H14ClNO2S/c15-8-12(17)9-16-11-5-3-10(4-6-11)14(18)13-2-1-7-19-13/h1-7,12,16-17H,8-9H2. The number of ketones is 1. The van der Waals surface area contributed by atoms with E-state index in [0.29, 0.717) is 12.1 Å². The zero-order chi connectivity index (χ0) is 13.7. The lowest BCUT2D eigenvalue weighted by molar-refractivity contribution is 0.104. The summed E-state index contributed by atoms with van der Waals surface area (Å²) in [7, 11) is 0. The third kappa shape index (κ3) is 3.80. The van der Waals surface area contributed by atoms with Gasteiger partial charge in [0, 0.05) is 17.8 Å². The number of nitrogens with one attached hydrogen (secondary N) is 1. The molecule has 0 saturated carbocycles. The van der Waals surface area contributed by atoms with Crippen LogP contribution in [0.2, 0.25) is 0 Å². The Kier molecular flexibility index (Phi) is 4.96. The summed E-state index contributed by atoms with van der Waals surface area (Å²) >= 11 is 6.94. The molecule has 0 aliphatic rings. The summed E-state index contributed by atoms with van der Waals surface area (Å²) < 4.78 is 0. The number of halogens is 1. The van der Waals surface area contributed by atoms with E-state index in [0.717, 1.165) is 10.6 Å². The second-order valence-corrected chi connectivity index (χ2v) is 5.33. The van der Waals surface area contributed by atoms with Gasteiger partial charge in [0.25, 0.3) is 0 Å². The van der Waals surface area contributed by atoms with Gasteiger partial charge in [-0.3, -0.25) is 4.79 Å². The Labute approximate surface area is 120 Å². The van der Waals surface area contributed by atoms with Crippen molar-refractivity contribution in [2.75, 3.05) is 17.7 Å². The van der Waals surface area contributed by atoms with Crippen molar-refractivity contribution in [1.29, 1.82) is 0 Å². The first-order chi connectivity index (χ1) is 9.20. The molecule has 19 heavy (non-hydrogen) atoms. The highest BCUT2D eigenvalue weighted by Gasteiger charge is 2.09. The van der Waals surface area contributed by atoms with E-state index < -0.39 is 6.10 Å². The van der Waals surface area contributed by atoms with Crippen LogP contribution >= 0.6 is 22.9 Å². The summed E-state index contributed by atoms with van der Waals surface area (Å²) in [5, 5.41) is 14.3. The van der Waals surface area contributed by atoms with Gasteiger partial charge in [-0.25, -0.2) is 0 Å². The van der Waals surface area contributed by atoms with Gasteiger partial charge in [0.15, 0.2) is 0 Å². The molecule has 0 saturated heterocycles. The highest BCUT2D eigenvalue weighted by atomic mass is 35.5. The number of carbonyl (C=O) groups is 1. The molecule has 0 spiro atoms. The quantitative estimate of drug-likeness (QED) is 0.636. The van der Waals surface area contributed by atoms with Crippen LogP contribution in [0.15, 0.2) is 41.8 Å². The molecule has 2 aromatic rings. The maximum absolute atomic E-state index is 12.1. The van der Waals surface area contributed by atoms with Crippen LogP contribution in [0.4, 0.5) is 5.69 Å². The van der Waals surface area contributed by atoms with E-state index in [2.05, 4.69) is 5.32 Å². The van der Waals surface area contributed by atoms with E-state index in [1.807, 2.05) is 29.6 Å². The number of aliphatic hydroxyl groups is 1.